The smallest absolute Gasteiger partial charge is 0.170 e. The Morgan fingerprint density at radius 2 is 1.90 bits per heavy atom. The van der Waals surface area contributed by atoms with Gasteiger partial charge in [0.15, 0.2) is 5.11 Å². The van der Waals surface area contributed by atoms with Crippen molar-refractivity contribution in [2.75, 3.05) is 13.7 Å². The van der Waals surface area contributed by atoms with Gasteiger partial charge in [0.25, 0.3) is 0 Å². The third kappa shape index (κ3) is 3.38. The monoisotopic (exact) mass is 406 g/mol. The van der Waals surface area contributed by atoms with Gasteiger partial charge in [-0.1, -0.05) is 6.07 Å². The molecule has 1 N–H and O–H groups in total. The van der Waals surface area contributed by atoms with Crippen LogP contribution < -0.4 is 10.1 Å². The second-order valence-electron chi connectivity index (χ2n) is 7.27. The first kappa shape index (κ1) is 19.5. The number of aromatic nitrogens is 2. The van der Waals surface area contributed by atoms with Crippen molar-refractivity contribution in [2.24, 2.45) is 0 Å². The van der Waals surface area contributed by atoms with Crippen LogP contribution >= 0.6 is 12.2 Å². The van der Waals surface area contributed by atoms with Gasteiger partial charge < -0.3 is 19.5 Å². The molecule has 1 fully saturated rings. The van der Waals surface area contributed by atoms with Crippen molar-refractivity contribution in [2.45, 2.75) is 32.9 Å². The summed E-state index contributed by atoms with van der Waals surface area (Å²) >= 11 is 5.66. The molecule has 6 heteroatoms. The fourth-order valence-corrected chi connectivity index (χ4v) is 4.67. The van der Waals surface area contributed by atoms with Crippen LogP contribution in [-0.4, -0.2) is 33.2 Å². The first-order valence-electron chi connectivity index (χ1n) is 9.86. The van der Waals surface area contributed by atoms with E-state index in [1.165, 1.54) is 17.0 Å². The summed E-state index contributed by atoms with van der Waals surface area (Å²) in [6.45, 7) is 7.31. The van der Waals surface area contributed by atoms with E-state index >= 15 is 0 Å². The molecule has 29 heavy (non-hydrogen) atoms. The summed E-state index contributed by atoms with van der Waals surface area (Å²) in [6.07, 6.45) is 1.84. The standard InChI is InChI=1S/C23H26N4OS/c1-5-26-22(21(25-23(26)29)20-8-6-7-13-24-20)19-14-15(2)27(16(19)3)17-9-11-18(28-4)12-10-17/h6-14,21-22H,5H2,1-4H3,(H,25,29)/t21-,22+/m1/s1. The van der Waals surface area contributed by atoms with Gasteiger partial charge in [0.1, 0.15) is 5.75 Å². The first-order valence-corrected chi connectivity index (χ1v) is 10.3. The van der Waals surface area contributed by atoms with Gasteiger partial charge in [-0.25, -0.2) is 0 Å². The van der Waals surface area contributed by atoms with Gasteiger partial charge in [-0.15, -0.1) is 0 Å². The van der Waals surface area contributed by atoms with Crippen LogP contribution in [0.5, 0.6) is 5.75 Å². The fraction of sp³-hybridized carbons (Fsp3) is 0.304. The van der Waals surface area contributed by atoms with Crippen LogP contribution in [-0.2, 0) is 0 Å². The van der Waals surface area contributed by atoms with Gasteiger partial charge in [-0.05, 0) is 81.0 Å². The molecule has 0 radical (unpaired) electrons. The number of hydrogen-bond acceptors (Lipinski definition) is 3. The summed E-state index contributed by atoms with van der Waals surface area (Å²) < 4.78 is 7.60. The second-order valence-corrected chi connectivity index (χ2v) is 7.66. The van der Waals surface area contributed by atoms with Crippen LogP contribution in [0.1, 0.15) is 41.7 Å². The van der Waals surface area contributed by atoms with E-state index in [1.54, 1.807) is 7.11 Å². The normalized spacial score (nSPS) is 18.8. The van der Waals surface area contributed by atoms with E-state index in [1.807, 2.05) is 30.5 Å². The van der Waals surface area contributed by atoms with E-state index in [0.29, 0.717) is 0 Å². The van der Waals surface area contributed by atoms with Gasteiger partial charge in [-0.2, -0.15) is 0 Å². The molecule has 1 saturated heterocycles. The zero-order valence-corrected chi connectivity index (χ0v) is 18.0. The number of hydrogen-bond donors (Lipinski definition) is 1. The lowest BCUT2D eigenvalue weighted by molar-refractivity contribution is 0.329. The highest BCUT2D eigenvalue weighted by Crippen LogP contribution is 2.41. The summed E-state index contributed by atoms with van der Waals surface area (Å²) in [5.41, 5.74) is 5.80. The summed E-state index contributed by atoms with van der Waals surface area (Å²) in [7, 11) is 1.69. The number of nitrogens with one attached hydrogen (secondary N) is 1. The molecule has 0 spiro atoms. The number of nitrogens with zero attached hydrogens (tertiary/aromatic N) is 3. The van der Waals surface area contributed by atoms with Crippen molar-refractivity contribution >= 4 is 17.3 Å². The quantitative estimate of drug-likeness (QED) is 0.633. The van der Waals surface area contributed by atoms with E-state index in [4.69, 9.17) is 17.0 Å². The molecule has 0 unspecified atom stereocenters. The Morgan fingerprint density at radius 3 is 2.52 bits per heavy atom. The summed E-state index contributed by atoms with van der Waals surface area (Å²) in [6, 6.07) is 16.6. The van der Waals surface area contributed by atoms with E-state index in [-0.39, 0.29) is 12.1 Å². The van der Waals surface area contributed by atoms with Crippen molar-refractivity contribution in [3.05, 3.63) is 77.4 Å². The number of methoxy groups -OCH3 is 1. The Bertz CT molecular complexity index is 1010. The Balaban J connectivity index is 1.80. The average molecular weight is 407 g/mol. The van der Waals surface area contributed by atoms with E-state index in [0.717, 1.165) is 28.8 Å². The molecular formula is C23H26N4OS. The van der Waals surface area contributed by atoms with Crippen LogP contribution in [0, 0.1) is 13.8 Å². The Hall–Kier alpha value is -2.86. The fourth-order valence-electron chi connectivity index (χ4n) is 4.30. The van der Waals surface area contributed by atoms with Gasteiger partial charge >= 0.3 is 0 Å². The van der Waals surface area contributed by atoms with Crippen LogP contribution in [0.4, 0.5) is 0 Å². The molecular weight excluding hydrogens is 380 g/mol. The second kappa shape index (κ2) is 7.87. The summed E-state index contributed by atoms with van der Waals surface area (Å²) in [4.78, 5) is 6.87. The molecule has 1 aliphatic rings. The van der Waals surface area contributed by atoms with Crippen molar-refractivity contribution in [3.8, 4) is 11.4 Å². The van der Waals surface area contributed by atoms with E-state index < -0.39 is 0 Å². The average Bonchev–Trinajstić information content (AvgIpc) is 3.23. The molecule has 4 rings (SSSR count). The highest BCUT2D eigenvalue weighted by molar-refractivity contribution is 7.80. The number of rotatable bonds is 5. The van der Waals surface area contributed by atoms with Crippen LogP contribution in [0.3, 0.4) is 0 Å². The molecule has 3 aromatic rings. The van der Waals surface area contributed by atoms with Crippen molar-refractivity contribution < 1.29 is 4.74 Å². The molecule has 0 aliphatic carbocycles. The highest BCUT2D eigenvalue weighted by Gasteiger charge is 2.40. The summed E-state index contributed by atoms with van der Waals surface area (Å²) in [5, 5.41) is 4.28. The lowest BCUT2D eigenvalue weighted by atomic mass is 9.97. The predicted molar refractivity (Wildman–Crippen MR) is 120 cm³/mol. The molecule has 0 amide bonds. The maximum atomic E-state index is 5.66. The SMILES string of the molecule is CCN1C(=S)N[C@H](c2ccccn2)[C@@H]1c1cc(C)n(-c2ccc(OC)cc2)c1C. The van der Waals surface area contributed by atoms with Crippen LogP contribution in [0.15, 0.2) is 54.7 Å². The number of pyridine rings is 1. The lowest BCUT2D eigenvalue weighted by Gasteiger charge is -2.27. The molecule has 0 bridgehead atoms. The van der Waals surface area contributed by atoms with Gasteiger partial charge in [0.2, 0.25) is 0 Å². The maximum Gasteiger partial charge on any atom is 0.170 e. The number of ether oxygens (including phenoxy) is 1. The van der Waals surface area contributed by atoms with Crippen molar-refractivity contribution in [1.82, 2.24) is 19.8 Å². The molecule has 150 valence electrons. The minimum Gasteiger partial charge on any atom is -0.497 e. The van der Waals surface area contributed by atoms with Crippen molar-refractivity contribution in [3.63, 3.8) is 0 Å². The number of benzene rings is 1. The van der Waals surface area contributed by atoms with Gasteiger partial charge in [0, 0.05) is 29.8 Å². The topological polar surface area (TPSA) is 42.3 Å². The van der Waals surface area contributed by atoms with Crippen molar-refractivity contribution in [1.29, 1.82) is 0 Å². The number of thiocarbonyl (C=S) groups is 1. The number of aryl methyl sites for hydroxylation is 1. The number of likely N-dealkylation sites (N-methyl/N-ethyl adjacent to an activating group) is 1. The van der Waals surface area contributed by atoms with Crippen LogP contribution in [0.25, 0.3) is 5.69 Å². The third-order valence-corrected chi connectivity index (χ3v) is 6.01. The van der Waals surface area contributed by atoms with E-state index in [2.05, 4.69) is 64.8 Å². The highest BCUT2D eigenvalue weighted by atomic mass is 32.1. The molecule has 3 heterocycles. The summed E-state index contributed by atoms with van der Waals surface area (Å²) in [5.74, 6) is 0.856. The Kier molecular flexibility index (Phi) is 5.28. The minimum absolute atomic E-state index is 0.0217. The lowest BCUT2D eigenvalue weighted by Crippen LogP contribution is -2.29. The third-order valence-electron chi connectivity index (χ3n) is 5.66. The first-order chi connectivity index (χ1) is 14.0. The zero-order chi connectivity index (χ0) is 20.5. The molecule has 0 saturated carbocycles. The Morgan fingerprint density at radius 1 is 1.14 bits per heavy atom. The molecule has 1 aromatic carbocycles. The largest absolute Gasteiger partial charge is 0.497 e. The Labute approximate surface area is 177 Å². The van der Waals surface area contributed by atoms with Crippen LogP contribution in [0.2, 0.25) is 0 Å². The maximum absolute atomic E-state index is 5.66. The molecule has 1 aliphatic heterocycles. The molecule has 5 nitrogen and oxygen atoms in total. The van der Waals surface area contributed by atoms with E-state index in [9.17, 15) is 0 Å². The zero-order valence-electron chi connectivity index (χ0n) is 17.2. The molecule has 2 atom stereocenters. The predicted octanol–water partition coefficient (Wildman–Crippen LogP) is 4.49. The van der Waals surface area contributed by atoms with Gasteiger partial charge in [-0.3, -0.25) is 4.98 Å². The minimum atomic E-state index is 0.0217. The molecule has 2 aromatic heterocycles. The van der Waals surface area contributed by atoms with Gasteiger partial charge in [0.05, 0.1) is 24.9 Å².